The molecule has 2 aromatic rings. The Morgan fingerprint density at radius 3 is 1.63 bits per heavy atom. The molecule has 0 nitrogen and oxygen atoms in total. The van der Waals surface area contributed by atoms with Crippen LogP contribution in [0.15, 0.2) is 48.5 Å². The maximum atomic E-state index is 2.53. The highest BCUT2D eigenvalue weighted by Gasteiger charge is 2.52. The molecule has 2 saturated carbocycles. The molecule has 0 amide bonds. The summed E-state index contributed by atoms with van der Waals surface area (Å²) in [5.41, 5.74) is 8.50. The molecular weight excluding hydrogens is 379 g/mol. The Bertz CT molecular complexity index is 777. The molecule has 0 unspecified atom stereocenters. The van der Waals surface area contributed by atoms with Crippen LogP contribution in [0.2, 0.25) is 0 Å². The molecular formula is C29H39P. The van der Waals surface area contributed by atoms with Crippen molar-refractivity contribution in [2.75, 3.05) is 0 Å². The molecule has 0 saturated heterocycles. The summed E-state index contributed by atoms with van der Waals surface area (Å²) in [6.07, 6.45) is 18.9. The molecule has 2 fully saturated rings. The number of unbranched alkanes of at least 4 members (excludes halogenated alkanes) is 1. The fraction of sp³-hybridized carbons (Fsp3) is 0.586. The average molecular weight is 419 g/mol. The van der Waals surface area contributed by atoms with Crippen molar-refractivity contribution < 1.29 is 0 Å². The zero-order chi connectivity index (χ0) is 20.4. The third-order valence-electron chi connectivity index (χ3n) is 8.30. The molecule has 0 N–H and O–H groups in total. The number of benzene rings is 2. The van der Waals surface area contributed by atoms with Gasteiger partial charge in [0.2, 0.25) is 0 Å². The summed E-state index contributed by atoms with van der Waals surface area (Å²) in [5, 5.41) is 0.308. The summed E-state index contributed by atoms with van der Waals surface area (Å²) < 4.78 is 0. The Morgan fingerprint density at radius 1 is 0.700 bits per heavy atom. The van der Waals surface area contributed by atoms with Gasteiger partial charge in [-0.3, -0.25) is 0 Å². The van der Waals surface area contributed by atoms with E-state index in [1.807, 2.05) is 0 Å². The number of fused-ring (bicyclic) bond motifs is 3. The molecule has 30 heavy (non-hydrogen) atoms. The van der Waals surface area contributed by atoms with Gasteiger partial charge in [-0.1, -0.05) is 115 Å². The van der Waals surface area contributed by atoms with E-state index in [0.717, 1.165) is 11.3 Å². The Morgan fingerprint density at radius 2 is 1.17 bits per heavy atom. The van der Waals surface area contributed by atoms with E-state index in [9.17, 15) is 0 Å². The third kappa shape index (κ3) is 3.48. The second kappa shape index (κ2) is 9.16. The Kier molecular flexibility index (Phi) is 6.34. The van der Waals surface area contributed by atoms with Crippen molar-refractivity contribution in [1.29, 1.82) is 0 Å². The van der Waals surface area contributed by atoms with E-state index in [1.165, 1.54) is 83.5 Å². The summed E-state index contributed by atoms with van der Waals surface area (Å²) in [6.45, 7) is 2.39. The largest absolute Gasteiger partial charge is 0.0846 e. The number of hydrogen-bond donors (Lipinski definition) is 0. The quantitative estimate of drug-likeness (QED) is 0.410. The molecule has 0 spiro atoms. The normalized spacial score (nSPS) is 21.5. The van der Waals surface area contributed by atoms with Gasteiger partial charge < -0.3 is 0 Å². The maximum Gasteiger partial charge on any atom is 0.0418 e. The van der Waals surface area contributed by atoms with E-state index >= 15 is 0 Å². The van der Waals surface area contributed by atoms with Crippen LogP contribution < -0.4 is 0 Å². The summed E-state index contributed by atoms with van der Waals surface area (Å²) in [7, 11) is -0.0672. The van der Waals surface area contributed by atoms with E-state index in [0.29, 0.717) is 5.16 Å². The van der Waals surface area contributed by atoms with Crippen molar-refractivity contribution in [2.45, 2.75) is 107 Å². The molecule has 2 aromatic carbocycles. The predicted octanol–water partition coefficient (Wildman–Crippen LogP) is 9.25. The summed E-state index contributed by atoms with van der Waals surface area (Å²) >= 11 is 0. The number of hydrogen-bond acceptors (Lipinski definition) is 0. The fourth-order valence-corrected chi connectivity index (χ4v) is 12.1. The Labute approximate surface area is 185 Å². The van der Waals surface area contributed by atoms with Crippen LogP contribution in [0.1, 0.15) is 102 Å². The van der Waals surface area contributed by atoms with E-state index < -0.39 is 0 Å². The van der Waals surface area contributed by atoms with Crippen molar-refractivity contribution in [1.82, 2.24) is 0 Å². The van der Waals surface area contributed by atoms with Gasteiger partial charge in [-0.15, -0.1) is 0 Å². The van der Waals surface area contributed by atoms with Gasteiger partial charge in [0.05, 0.1) is 0 Å². The average Bonchev–Trinajstić information content (AvgIpc) is 3.10. The molecule has 0 aromatic heterocycles. The van der Waals surface area contributed by atoms with Crippen molar-refractivity contribution >= 4 is 7.92 Å². The molecule has 0 bridgehead atoms. The van der Waals surface area contributed by atoms with Gasteiger partial charge >= 0.3 is 0 Å². The fourth-order valence-electron chi connectivity index (χ4n) is 7.05. The van der Waals surface area contributed by atoms with Crippen LogP contribution in [0.4, 0.5) is 0 Å². The van der Waals surface area contributed by atoms with E-state index in [4.69, 9.17) is 0 Å². The lowest BCUT2D eigenvalue weighted by molar-refractivity contribution is 0.469. The maximum absolute atomic E-state index is 2.53. The predicted molar refractivity (Wildman–Crippen MR) is 133 cm³/mol. The van der Waals surface area contributed by atoms with Crippen LogP contribution in [0.25, 0.3) is 11.1 Å². The first-order chi connectivity index (χ1) is 14.9. The van der Waals surface area contributed by atoms with Crippen LogP contribution in [-0.4, -0.2) is 11.3 Å². The minimum absolute atomic E-state index is 0.0672. The minimum atomic E-state index is -0.0672. The number of rotatable bonds is 6. The molecule has 3 aliphatic carbocycles. The monoisotopic (exact) mass is 418 g/mol. The van der Waals surface area contributed by atoms with Crippen LogP contribution in [-0.2, 0) is 5.16 Å². The molecule has 160 valence electrons. The first kappa shape index (κ1) is 20.8. The van der Waals surface area contributed by atoms with Gasteiger partial charge in [0.15, 0.2) is 0 Å². The van der Waals surface area contributed by atoms with Gasteiger partial charge in [-0.2, -0.15) is 0 Å². The second-order valence-electron chi connectivity index (χ2n) is 10.0. The van der Waals surface area contributed by atoms with E-state index in [1.54, 1.807) is 22.3 Å². The first-order valence-corrected chi connectivity index (χ1v) is 14.3. The van der Waals surface area contributed by atoms with Crippen LogP contribution in [0.5, 0.6) is 0 Å². The van der Waals surface area contributed by atoms with E-state index in [2.05, 4.69) is 55.5 Å². The SMILES string of the molecule is CCCCC1(P(C2CCCCC2)C2CCCCC2)c2ccccc2-c2ccccc21. The molecule has 1 heteroatoms. The molecule has 3 aliphatic rings. The van der Waals surface area contributed by atoms with Crippen LogP contribution in [0, 0.1) is 0 Å². The van der Waals surface area contributed by atoms with E-state index in [-0.39, 0.29) is 7.92 Å². The highest BCUT2D eigenvalue weighted by atomic mass is 31.1. The molecule has 0 heterocycles. The van der Waals surface area contributed by atoms with Gasteiger partial charge in [0.25, 0.3) is 0 Å². The third-order valence-corrected chi connectivity index (χ3v) is 12.5. The summed E-state index contributed by atoms with van der Waals surface area (Å²) in [6, 6.07) is 19.1. The highest BCUT2D eigenvalue weighted by Crippen LogP contribution is 2.74. The van der Waals surface area contributed by atoms with Crippen molar-refractivity contribution in [3.05, 3.63) is 59.7 Å². The van der Waals surface area contributed by atoms with Crippen molar-refractivity contribution in [3.8, 4) is 11.1 Å². The first-order valence-electron chi connectivity index (χ1n) is 12.8. The summed E-state index contributed by atoms with van der Waals surface area (Å²) in [5.74, 6) is 0. The minimum Gasteiger partial charge on any atom is -0.0846 e. The molecule has 5 rings (SSSR count). The standard InChI is InChI=1S/C29H39P/c1-2-3-22-29(27-20-12-10-18-25(27)26-19-11-13-21-28(26)29)30(23-14-6-4-7-15-23)24-16-8-5-9-17-24/h10-13,18-21,23-24H,2-9,14-17,22H2,1H3. The lowest BCUT2D eigenvalue weighted by Crippen LogP contribution is -2.34. The second-order valence-corrected chi connectivity index (χ2v) is 13.1. The van der Waals surface area contributed by atoms with Gasteiger partial charge in [0.1, 0.15) is 0 Å². The van der Waals surface area contributed by atoms with Crippen molar-refractivity contribution in [3.63, 3.8) is 0 Å². The van der Waals surface area contributed by atoms with Gasteiger partial charge in [-0.25, -0.2) is 0 Å². The lowest BCUT2D eigenvalue weighted by Gasteiger charge is -2.50. The zero-order valence-electron chi connectivity index (χ0n) is 18.9. The topological polar surface area (TPSA) is 0 Å². The lowest BCUT2D eigenvalue weighted by atomic mass is 9.90. The Balaban J connectivity index is 1.71. The molecule has 0 radical (unpaired) electrons. The molecule has 0 aliphatic heterocycles. The smallest absolute Gasteiger partial charge is 0.0418 e. The van der Waals surface area contributed by atoms with Gasteiger partial charge in [0, 0.05) is 5.16 Å². The molecule has 0 atom stereocenters. The highest BCUT2D eigenvalue weighted by molar-refractivity contribution is 7.60. The zero-order valence-corrected chi connectivity index (χ0v) is 19.8. The van der Waals surface area contributed by atoms with Crippen molar-refractivity contribution in [2.24, 2.45) is 0 Å². The Hall–Kier alpha value is -1.13. The van der Waals surface area contributed by atoms with Crippen LogP contribution >= 0.6 is 7.92 Å². The summed E-state index contributed by atoms with van der Waals surface area (Å²) in [4.78, 5) is 0. The van der Waals surface area contributed by atoms with Gasteiger partial charge in [-0.05, 0) is 65.7 Å². The van der Waals surface area contributed by atoms with Crippen LogP contribution in [0.3, 0.4) is 0 Å².